The summed E-state index contributed by atoms with van der Waals surface area (Å²) in [7, 11) is 0. The van der Waals surface area contributed by atoms with Gasteiger partial charge in [0.25, 0.3) is 0 Å². The zero-order chi connectivity index (χ0) is 11.8. The number of hydrogen-bond donors (Lipinski definition) is 0. The van der Waals surface area contributed by atoms with E-state index in [0.717, 1.165) is 43.2 Å². The molecule has 1 saturated heterocycles. The van der Waals surface area contributed by atoms with Gasteiger partial charge in [-0.05, 0) is 25.2 Å². The van der Waals surface area contributed by atoms with E-state index in [4.69, 9.17) is 4.74 Å². The Morgan fingerprint density at radius 2 is 2.31 bits per heavy atom. The average molecular weight is 339 g/mol. The van der Waals surface area contributed by atoms with Crippen LogP contribution in [0, 0.1) is 5.92 Å². The number of halogens is 1. The fourth-order valence-electron chi connectivity index (χ4n) is 1.96. The van der Waals surface area contributed by atoms with Crippen LogP contribution in [0.15, 0.2) is 0 Å². The van der Waals surface area contributed by atoms with Crippen LogP contribution in [0.4, 0.5) is 4.79 Å². The number of carbonyl (C=O) groups is 1. The van der Waals surface area contributed by atoms with E-state index in [-0.39, 0.29) is 6.09 Å². The highest BCUT2D eigenvalue weighted by atomic mass is 127. The second-order valence-corrected chi connectivity index (χ2v) is 5.31. The van der Waals surface area contributed by atoms with Gasteiger partial charge in [-0.15, -0.1) is 0 Å². The van der Waals surface area contributed by atoms with Gasteiger partial charge >= 0.3 is 6.09 Å². The molecule has 0 aromatic carbocycles. The van der Waals surface area contributed by atoms with Crippen molar-refractivity contribution in [1.29, 1.82) is 0 Å². The molecule has 1 atom stereocenters. The molecule has 0 spiro atoms. The lowest BCUT2D eigenvalue weighted by Gasteiger charge is -2.31. The number of ether oxygens (including phenoxy) is 1. The summed E-state index contributed by atoms with van der Waals surface area (Å²) >= 11 is 2.40. The third-order valence-corrected chi connectivity index (χ3v) is 4.21. The fraction of sp³-hybridized carbons (Fsp3) is 0.917. The van der Waals surface area contributed by atoms with Crippen LogP contribution in [0.5, 0.6) is 0 Å². The number of amides is 1. The molecule has 0 radical (unpaired) electrons. The molecular formula is C12H22INO2. The molecule has 1 aliphatic rings. The van der Waals surface area contributed by atoms with Crippen LogP contribution in [-0.2, 0) is 4.74 Å². The average Bonchev–Trinajstić information content (AvgIpc) is 2.34. The van der Waals surface area contributed by atoms with Crippen LogP contribution in [0.3, 0.4) is 0 Å². The van der Waals surface area contributed by atoms with Gasteiger partial charge in [0.05, 0.1) is 6.61 Å². The summed E-state index contributed by atoms with van der Waals surface area (Å²) in [5.41, 5.74) is 0. The lowest BCUT2D eigenvalue weighted by Crippen LogP contribution is -2.40. The van der Waals surface area contributed by atoms with Crippen molar-refractivity contribution in [2.24, 2.45) is 5.92 Å². The van der Waals surface area contributed by atoms with Gasteiger partial charge in [-0.25, -0.2) is 4.79 Å². The number of alkyl halides is 1. The molecule has 0 aromatic rings. The monoisotopic (exact) mass is 339 g/mol. The molecule has 3 nitrogen and oxygen atoms in total. The lowest BCUT2D eigenvalue weighted by atomic mass is 10.0. The minimum atomic E-state index is -0.106. The van der Waals surface area contributed by atoms with E-state index in [9.17, 15) is 4.79 Å². The maximum atomic E-state index is 11.7. The molecule has 1 amide bonds. The molecule has 94 valence electrons. The second kappa shape index (κ2) is 8.14. The van der Waals surface area contributed by atoms with E-state index in [1.807, 2.05) is 4.90 Å². The first-order chi connectivity index (χ1) is 7.77. The number of likely N-dealkylation sites (tertiary alicyclic amines) is 1. The Hall–Kier alpha value is 0. The Morgan fingerprint density at radius 1 is 1.50 bits per heavy atom. The fourth-order valence-corrected chi connectivity index (χ4v) is 2.68. The molecule has 0 bridgehead atoms. The van der Waals surface area contributed by atoms with Gasteiger partial charge in [-0.2, -0.15) is 0 Å². The first-order valence-electron chi connectivity index (χ1n) is 6.25. The van der Waals surface area contributed by atoms with Crippen molar-refractivity contribution >= 4 is 28.7 Å². The molecule has 1 unspecified atom stereocenters. The van der Waals surface area contributed by atoms with Gasteiger partial charge in [-0.1, -0.05) is 42.4 Å². The highest BCUT2D eigenvalue weighted by Crippen LogP contribution is 2.19. The van der Waals surface area contributed by atoms with Gasteiger partial charge in [0, 0.05) is 17.5 Å². The summed E-state index contributed by atoms with van der Waals surface area (Å²) in [6.45, 7) is 4.49. The van der Waals surface area contributed by atoms with E-state index >= 15 is 0 Å². The van der Waals surface area contributed by atoms with Gasteiger partial charge < -0.3 is 9.64 Å². The van der Waals surface area contributed by atoms with Crippen LogP contribution in [0.2, 0.25) is 0 Å². The molecule has 0 aliphatic carbocycles. The van der Waals surface area contributed by atoms with E-state index in [0.29, 0.717) is 12.5 Å². The van der Waals surface area contributed by atoms with Gasteiger partial charge in [0.2, 0.25) is 0 Å². The van der Waals surface area contributed by atoms with E-state index in [2.05, 4.69) is 29.5 Å². The zero-order valence-corrected chi connectivity index (χ0v) is 12.2. The molecule has 0 N–H and O–H groups in total. The SMILES string of the molecule is CCCCCOC(=O)N1CCCC(CI)C1. The number of rotatable bonds is 5. The molecule has 1 fully saturated rings. The zero-order valence-electron chi connectivity index (χ0n) is 10.1. The molecule has 0 saturated carbocycles. The van der Waals surface area contributed by atoms with E-state index in [1.54, 1.807) is 0 Å². The molecule has 1 heterocycles. The Bertz CT molecular complexity index is 211. The minimum Gasteiger partial charge on any atom is -0.449 e. The van der Waals surface area contributed by atoms with Gasteiger partial charge in [0.15, 0.2) is 0 Å². The van der Waals surface area contributed by atoms with E-state index < -0.39 is 0 Å². The summed E-state index contributed by atoms with van der Waals surface area (Å²) < 4.78 is 6.40. The standard InChI is InChI=1S/C12H22INO2/c1-2-3-4-8-16-12(15)14-7-5-6-11(9-13)10-14/h11H,2-10H2,1H3. The molecule has 0 aromatic heterocycles. The maximum absolute atomic E-state index is 11.7. The lowest BCUT2D eigenvalue weighted by molar-refractivity contribution is 0.0858. The molecular weight excluding hydrogens is 317 g/mol. The predicted octanol–water partition coefficient (Wildman–Crippen LogP) is 3.46. The third-order valence-electron chi connectivity index (χ3n) is 2.97. The van der Waals surface area contributed by atoms with Crippen LogP contribution < -0.4 is 0 Å². The van der Waals surface area contributed by atoms with Crippen molar-refractivity contribution in [3.63, 3.8) is 0 Å². The van der Waals surface area contributed by atoms with Crippen molar-refractivity contribution in [3.8, 4) is 0 Å². The van der Waals surface area contributed by atoms with Crippen LogP contribution in [-0.4, -0.2) is 35.1 Å². The minimum absolute atomic E-state index is 0.106. The van der Waals surface area contributed by atoms with Gasteiger partial charge in [-0.3, -0.25) is 0 Å². The topological polar surface area (TPSA) is 29.5 Å². The van der Waals surface area contributed by atoms with Crippen molar-refractivity contribution in [1.82, 2.24) is 4.90 Å². The van der Waals surface area contributed by atoms with E-state index in [1.165, 1.54) is 6.42 Å². The smallest absolute Gasteiger partial charge is 0.409 e. The molecule has 16 heavy (non-hydrogen) atoms. The molecule has 1 aliphatic heterocycles. The van der Waals surface area contributed by atoms with Crippen LogP contribution in [0.25, 0.3) is 0 Å². The highest BCUT2D eigenvalue weighted by molar-refractivity contribution is 14.1. The first-order valence-corrected chi connectivity index (χ1v) is 7.78. The number of carbonyl (C=O) groups excluding carboxylic acids is 1. The second-order valence-electron chi connectivity index (χ2n) is 4.43. The summed E-state index contributed by atoms with van der Waals surface area (Å²) in [6, 6.07) is 0. The van der Waals surface area contributed by atoms with Gasteiger partial charge in [0.1, 0.15) is 0 Å². The maximum Gasteiger partial charge on any atom is 0.409 e. The third kappa shape index (κ3) is 4.89. The summed E-state index contributed by atoms with van der Waals surface area (Å²) in [5, 5.41) is 0. The number of piperidine rings is 1. The normalized spacial score (nSPS) is 20.9. The summed E-state index contributed by atoms with van der Waals surface area (Å²) in [4.78, 5) is 13.6. The quantitative estimate of drug-likeness (QED) is 0.436. The van der Waals surface area contributed by atoms with Crippen molar-refractivity contribution < 1.29 is 9.53 Å². The Morgan fingerprint density at radius 3 is 3.00 bits per heavy atom. The molecule has 1 rings (SSSR count). The summed E-state index contributed by atoms with van der Waals surface area (Å²) in [6.07, 6.45) is 5.57. The number of nitrogens with zero attached hydrogens (tertiary/aromatic N) is 1. The number of hydrogen-bond acceptors (Lipinski definition) is 2. The number of unbranched alkanes of at least 4 members (excludes halogenated alkanes) is 2. The largest absolute Gasteiger partial charge is 0.449 e. The van der Waals surface area contributed by atoms with Crippen molar-refractivity contribution in [2.75, 3.05) is 24.1 Å². The van der Waals surface area contributed by atoms with Crippen molar-refractivity contribution in [3.05, 3.63) is 0 Å². The Labute approximate surface area is 112 Å². The van der Waals surface area contributed by atoms with Crippen molar-refractivity contribution in [2.45, 2.75) is 39.0 Å². The van der Waals surface area contributed by atoms with Crippen LogP contribution in [0.1, 0.15) is 39.0 Å². The first kappa shape index (κ1) is 14.1. The molecule has 4 heteroatoms. The highest BCUT2D eigenvalue weighted by Gasteiger charge is 2.23. The predicted molar refractivity (Wildman–Crippen MR) is 74.1 cm³/mol. The Kier molecular flexibility index (Phi) is 7.16. The summed E-state index contributed by atoms with van der Waals surface area (Å²) in [5.74, 6) is 0.664. The van der Waals surface area contributed by atoms with Crippen LogP contribution >= 0.6 is 22.6 Å². The Balaban J connectivity index is 2.19.